The Labute approximate surface area is 124 Å². The van der Waals surface area contributed by atoms with Crippen LogP contribution in [0.15, 0.2) is 47.4 Å². The molecule has 0 heterocycles. The van der Waals surface area contributed by atoms with Gasteiger partial charge in [0.25, 0.3) is 0 Å². The van der Waals surface area contributed by atoms with Gasteiger partial charge in [0.15, 0.2) is 0 Å². The van der Waals surface area contributed by atoms with Crippen LogP contribution in [0.1, 0.15) is 13.3 Å². The summed E-state index contributed by atoms with van der Waals surface area (Å²) in [4.78, 5) is 1.23. The first kappa shape index (κ1) is 14.6. The van der Waals surface area contributed by atoms with Crippen LogP contribution in [0.5, 0.6) is 5.75 Å². The van der Waals surface area contributed by atoms with Gasteiger partial charge >= 0.3 is 0 Å². The summed E-state index contributed by atoms with van der Waals surface area (Å²) < 4.78 is 5.64. The standard InChI is InChI=1S/C16H20N2OS/c1-3-9-19-16-11-13(7-8-15(16)17)18-12-5-4-6-14(10-12)20-2/h4-8,10-11,18H,3,9,17H2,1-2H3. The van der Waals surface area contributed by atoms with E-state index in [1.54, 1.807) is 11.8 Å². The SMILES string of the molecule is CCCOc1cc(Nc2cccc(SC)c2)ccc1N. The molecule has 2 rings (SSSR count). The van der Waals surface area contributed by atoms with E-state index in [0.29, 0.717) is 12.3 Å². The third-order valence-electron chi connectivity index (χ3n) is 2.83. The highest BCUT2D eigenvalue weighted by Crippen LogP contribution is 2.28. The van der Waals surface area contributed by atoms with Crippen molar-refractivity contribution >= 4 is 28.8 Å². The Morgan fingerprint density at radius 2 is 1.95 bits per heavy atom. The number of rotatable bonds is 6. The van der Waals surface area contributed by atoms with Crippen molar-refractivity contribution in [2.75, 3.05) is 23.9 Å². The number of hydrogen-bond donors (Lipinski definition) is 2. The Balaban J connectivity index is 2.16. The molecule has 0 amide bonds. The lowest BCUT2D eigenvalue weighted by atomic mass is 10.2. The van der Waals surface area contributed by atoms with Gasteiger partial charge in [0.1, 0.15) is 5.75 Å². The molecule has 20 heavy (non-hydrogen) atoms. The Bertz CT molecular complexity index is 572. The lowest BCUT2D eigenvalue weighted by Gasteiger charge is -2.12. The minimum atomic E-state index is 0.668. The van der Waals surface area contributed by atoms with E-state index in [1.165, 1.54) is 4.90 Å². The Morgan fingerprint density at radius 1 is 1.15 bits per heavy atom. The molecule has 0 aliphatic rings. The molecule has 0 radical (unpaired) electrons. The Kier molecular flexibility index (Phi) is 5.18. The maximum absolute atomic E-state index is 5.91. The minimum absolute atomic E-state index is 0.668. The molecule has 0 aliphatic carbocycles. The van der Waals surface area contributed by atoms with Crippen molar-refractivity contribution in [3.63, 3.8) is 0 Å². The third kappa shape index (κ3) is 3.84. The van der Waals surface area contributed by atoms with Gasteiger partial charge in [-0.25, -0.2) is 0 Å². The molecule has 0 unspecified atom stereocenters. The molecule has 3 nitrogen and oxygen atoms in total. The first-order chi connectivity index (χ1) is 9.72. The van der Waals surface area contributed by atoms with Crippen molar-refractivity contribution in [2.45, 2.75) is 18.2 Å². The van der Waals surface area contributed by atoms with Crippen LogP contribution in [0, 0.1) is 0 Å². The van der Waals surface area contributed by atoms with Crippen molar-refractivity contribution < 1.29 is 4.74 Å². The number of ether oxygens (including phenoxy) is 1. The molecule has 0 fully saturated rings. The van der Waals surface area contributed by atoms with E-state index in [1.807, 2.05) is 30.3 Å². The van der Waals surface area contributed by atoms with E-state index in [4.69, 9.17) is 10.5 Å². The second-order valence-corrected chi connectivity index (χ2v) is 5.34. The number of nitrogens with one attached hydrogen (secondary N) is 1. The molecule has 0 atom stereocenters. The van der Waals surface area contributed by atoms with Crippen molar-refractivity contribution in [1.29, 1.82) is 0 Å². The number of nitrogens with two attached hydrogens (primary N) is 1. The zero-order chi connectivity index (χ0) is 14.4. The maximum atomic E-state index is 5.91. The molecule has 106 valence electrons. The molecular formula is C16H20N2OS. The smallest absolute Gasteiger partial charge is 0.144 e. The highest BCUT2D eigenvalue weighted by Gasteiger charge is 2.03. The highest BCUT2D eigenvalue weighted by molar-refractivity contribution is 7.98. The molecule has 0 aliphatic heterocycles. The largest absolute Gasteiger partial charge is 0.491 e. The van der Waals surface area contributed by atoms with Crippen LogP contribution in [0.2, 0.25) is 0 Å². The maximum Gasteiger partial charge on any atom is 0.144 e. The molecule has 3 N–H and O–H groups in total. The van der Waals surface area contributed by atoms with Crippen LogP contribution in [-0.4, -0.2) is 12.9 Å². The number of thioether (sulfide) groups is 1. The fourth-order valence-electron chi connectivity index (χ4n) is 1.82. The molecule has 2 aromatic rings. The van der Waals surface area contributed by atoms with Gasteiger partial charge in [-0.2, -0.15) is 0 Å². The molecule has 0 saturated carbocycles. The lowest BCUT2D eigenvalue weighted by Crippen LogP contribution is -2.00. The molecule has 4 heteroatoms. The number of anilines is 3. The van der Waals surface area contributed by atoms with Crippen LogP contribution in [0.4, 0.5) is 17.1 Å². The van der Waals surface area contributed by atoms with Crippen LogP contribution < -0.4 is 15.8 Å². The van der Waals surface area contributed by atoms with Gasteiger partial charge in [-0.1, -0.05) is 13.0 Å². The summed E-state index contributed by atoms with van der Waals surface area (Å²) in [6, 6.07) is 14.1. The summed E-state index contributed by atoms with van der Waals surface area (Å²) >= 11 is 1.73. The molecule has 0 saturated heterocycles. The van der Waals surface area contributed by atoms with E-state index in [0.717, 1.165) is 23.5 Å². The van der Waals surface area contributed by atoms with Gasteiger partial charge in [-0.15, -0.1) is 11.8 Å². The molecule has 0 aromatic heterocycles. The summed E-state index contributed by atoms with van der Waals surface area (Å²) in [5.74, 6) is 0.734. The Morgan fingerprint density at radius 3 is 2.70 bits per heavy atom. The highest BCUT2D eigenvalue weighted by atomic mass is 32.2. The van der Waals surface area contributed by atoms with Gasteiger partial charge in [0.05, 0.1) is 12.3 Å². The van der Waals surface area contributed by atoms with Crippen LogP contribution >= 0.6 is 11.8 Å². The molecular weight excluding hydrogens is 268 g/mol. The third-order valence-corrected chi connectivity index (χ3v) is 3.56. The fraction of sp³-hybridized carbons (Fsp3) is 0.250. The van der Waals surface area contributed by atoms with E-state index < -0.39 is 0 Å². The average molecular weight is 288 g/mol. The van der Waals surface area contributed by atoms with Crippen LogP contribution in [0.25, 0.3) is 0 Å². The first-order valence-electron chi connectivity index (χ1n) is 6.66. The van der Waals surface area contributed by atoms with Gasteiger partial charge in [-0.3, -0.25) is 0 Å². The Hall–Kier alpha value is -1.81. The quantitative estimate of drug-likeness (QED) is 0.606. The molecule has 0 bridgehead atoms. The number of hydrogen-bond acceptors (Lipinski definition) is 4. The van der Waals surface area contributed by atoms with Crippen molar-refractivity contribution in [3.8, 4) is 5.75 Å². The predicted molar refractivity (Wildman–Crippen MR) is 88.1 cm³/mol. The fourth-order valence-corrected chi connectivity index (χ4v) is 2.28. The summed E-state index contributed by atoms with van der Waals surface area (Å²) in [5, 5.41) is 3.37. The summed E-state index contributed by atoms with van der Waals surface area (Å²) in [7, 11) is 0. The van der Waals surface area contributed by atoms with Crippen molar-refractivity contribution in [2.24, 2.45) is 0 Å². The van der Waals surface area contributed by atoms with Gasteiger partial charge < -0.3 is 15.8 Å². The number of nitrogen functional groups attached to an aromatic ring is 1. The van der Waals surface area contributed by atoms with Gasteiger partial charge in [0, 0.05) is 22.3 Å². The van der Waals surface area contributed by atoms with E-state index in [9.17, 15) is 0 Å². The van der Waals surface area contributed by atoms with Crippen LogP contribution in [-0.2, 0) is 0 Å². The summed E-state index contributed by atoms with van der Waals surface area (Å²) in [5.41, 5.74) is 8.62. The van der Waals surface area contributed by atoms with Crippen LogP contribution in [0.3, 0.4) is 0 Å². The molecule has 0 spiro atoms. The first-order valence-corrected chi connectivity index (χ1v) is 7.89. The lowest BCUT2D eigenvalue weighted by molar-refractivity contribution is 0.319. The predicted octanol–water partition coefficient (Wildman–Crippen LogP) is 4.52. The van der Waals surface area contributed by atoms with E-state index in [-0.39, 0.29) is 0 Å². The normalized spacial score (nSPS) is 10.3. The van der Waals surface area contributed by atoms with Gasteiger partial charge in [0.2, 0.25) is 0 Å². The zero-order valence-electron chi connectivity index (χ0n) is 11.8. The van der Waals surface area contributed by atoms with Crippen molar-refractivity contribution in [1.82, 2.24) is 0 Å². The monoisotopic (exact) mass is 288 g/mol. The number of benzene rings is 2. The average Bonchev–Trinajstić information content (AvgIpc) is 2.48. The second-order valence-electron chi connectivity index (χ2n) is 4.46. The van der Waals surface area contributed by atoms with Gasteiger partial charge in [-0.05, 0) is 43.0 Å². The second kappa shape index (κ2) is 7.10. The van der Waals surface area contributed by atoms with E-state index in [2.05, 4.69) is 30.6 Å². The molecule has 2 aromatic carbocycles. The van der Waals surface area contributed by atoms with E-state index >= 15 is 0 Å². The van der Waals surface area contributed by atoms with Crippen molar-refractivity contribution in [3.05, 3.63) is 42.5 Å². The topological polar surface area (TPSA) is 47.3 Å². The summed E-state index contributed by atoms with van der Waals surface area (Å²) in [6.45, 7) is 2.75. The minimum Gasteiger partial charge on any atom is -0.491 e. The summed E-state index contributed by atoms with van der Waals surface area (Å²) in [6.07, 6.45) is 3.03. The zero-order valence-corrected chi connectivity index (χ0v) is 12.7.